The van der Waals surface area contributed by atoms with Gasteiger partial charge in [-0.15, -0.1) is 0 Å². The second-order valence-electron chi connectivity index (χ2n) is 5.65. The Morgan fingerprint density at radius 2 is 2.10 bits per heavy atom. The average Bonchev–Trinajstić information content (AvgIpc) is 2.88. The van der Waals surface area contributed by atoms with Crippen LogP contribution in [0.5, 0.6) is 0 Å². The molecule has 1 heterocycles. The fourth-order valence-corrected chi connectivity index (χ4v) is 3.03. The van der Waals surface area contributed by atoms with Crippen molar-refractivity contribution in [3.05, 3.63) is 36.0 Å². The first-order chi connectivity index (χ1) is 9.74. The summed E-state index contributed by atoms with van der Waals surface area (Å²) in [5.41, 5.74) is 8.18. The molecule has 0 saturated heterocycles. The predicted molar refractivity (Wildman–Crippen MR) is 80.1 cm³/mol. The Kier molecular flexibility index (Phi) is 3.74. The summed E-state index contributed by atoms with van der Waals surface area (Å²) >= 11 is 0. The maximum absolute atomic E-state index is 12.2. The molecule has 4 N–H and O–H groups in total. The SMILES string of the molecule is N[C@H]1CCCC[C@H]1C(=O)NCc1cc2ccccc2[nH]1. The lowest BCUT2D eigenvalue weighted by Gasteiger charge is -2.27. The number of H-pyrrole nitrogens is 1. The van der Waals surface area contributed by atoms with Crippen LogP contribution in [-0.4, -0.2) is 16.9 Å². The number of hydrogen-bond donors (Lipinski definition) is 3. The molecule has 0 aliphatic heterocycles. The van der Waals surface area contributed by atoms with Gasteiger partial charge in [-0.1, -0.05) is 31.0 Å². The van der Waals surface area contributed by atoms with Crippen LogP contribution < -0.4 is 11.1 Å². The minimum atomic E-state index is -0.0203. The van der Waals surface area contributed by atoms with E-state index in [4.69, 9.17) is 5.73 Å². The molecular formula is C16H21N3O. The van der Waals surface area contributed by atoms with Crippen molar-refractivity contribution < 1.29 is 4.79 Å². The summed E-state index contributed by atoms with van der Waals surface area (Å²) in [4.78, 5) is 15.5. The second-order valence-corrected chi connectivity index (χ2v) is 5.65. The monoisotopic (exact) mass is 271 g/mol. The lowest BCUT2D eigenvalue weighted by Crippen LogP contribution is -2.43. The van der Waals surface area contributed by atoms with Crippen molar-refractivity contribution in [2.45, 2.75) is 38.3 Å². The minimum Gasteiger partial charge on any atom is -0.357 e. The Bertz CT molecular complexity index is 572. The van der Waals surface area contributed by atoms with E-state index in [2.05, 4.69) is 22.4 Å². The zero-order valence-corrected chi connectivity index (χ0v) is 11.6. The molecular weight excluding hydrogens is 250 g/mol. The van der Waals surface area contributed by atoms with Crippen LogP contribution in [-0.2, 0) is 11.3 Å². The van der Waals surface area contributed by atoms with Gasteiger partial charge in [0.15, 0.2) is 0 Å². The number of rotatable bonds is 3. The fourth-order valence-electron chi connectivity index (χ4n) is 3.03. The van der Waals surface area contributed by atoms with Gasteiger partial charge in [0.2, 0.25) is 5.91 Å². The van der Waals surface area contributed by atoms with Gasteiger partial charge in [0.25, 0.3) is 0 Å². The Morgan fingerprint density at radius 3 is 2.90 bits per heavy atom. The zero-order chi connectivity index (χ0) is 13.9. The number of fused-ring (bicyclic) bond motifs is 1. The van der Waals surface area contributed by atoms with Crippen molar-refractivity contribution in [1.29, 1.82) is 0 Å². The molecule has 1 saturated carbocycles. The molecule has 1 aliphatic rings. The highest BCUT2D eigenvalue weighted by Gasteiger charge is 2.27. The average molecular weight is 271 g/mol. The van der Waals surface area contributed by atoms with Gasteiger partial charge < -0.3 is 16.0 Å². The van der Waals surface area contributed by atoms with Crippen LogP contribution in [0, 0.1) is 5.92 Å². The number of aromatic nitrogens is 1. The zero-order valence-electron chi connectivity index (χ0n) is 11.6. The third-order valence-electron chi connectivity index (χ3n) is 4.20. The minimum absolute atomic E-state index is 0.0199. The maximum Gasteiger partial charge on any atom is 0.224 e. The molecule has 1 amide bonds. The molecule has 20 heavy (non-hydrogen) atoms. The molecule has 3 rings (SSSR count). The molecule has 0 spiro atoms. The number of nitrogens with two attached hydrogens (primary N) is 1. The molecule has 106 valence electrons. The molecule has 0 unspecified atom stereocenters. The molecule has 1 fully saturated rings. The van der Waals surface area contributed by atoms with Gasteiger partial charge in [0.1, 0.15) is 0 Å². The van der Waals surface area contributed by atoms with E-state index in [1.807, 2.05) is 18.2 Å². The number of nitrogens with one attached hydrogen (secondary N) is 2. The van der Waals surface area contributed by atoms with Crippen LogP contribution >= 0.6 is 0 Å². The summed E-state index contributed by atoms with van der Waals surface area (Å²) in [5, 5.41) is 4.18. The van der Waals surface area contributed by atoms with E-state index in [0.717, 1.165) is 36.9 Å². The van der Waals surface area contributed by atoms with Crippen LogP contribution in [0.15, 0.2) is 30.3 Å². The van der Waals surface area contributed by atoms with Gasteiger partial charge in [-0.25, -0.2) is 0 Å². The molecule has 4 nitrogen and oxygen atoms in total. The van der Waals surface area contributed by atoms with E-state index in [0.29, 0.717) is 6.54 Å². The maximum atomic E-state index is 12.2. The predicted octanol–water partition coefficient (Wildman–Crippen LogP) is 2.30. The number of hydrogen-bond acceptors (Lipinski definition) is 2. The number of carbonyl (C=O) groups is 1. The Labute approximate surface area is 118 Å². The van der Waals surface area contributed by atoms with Crippen molar-refractivity contribution in [2.75, 3.05) is 0 Å². The lowest BCUT2D eigenvalue weighted by atomic mass is 9.84. The Balaban J connectivity index is 1.62. The van der Waals surface area contributed by atoms with Gasteiger partial charge in [-0.3, -0.25) is 4.79 Å². The van der Waals surface area contributed by atoms with Crippen molar-refractivity contribution in [3.8, 4) is 0 Å². The van der Waals surface area contributed by atoms with Crippen molar-refractivity contribution in [2.24, 2.45) is 11.7 Å². The molecule has 1 aliphatic carbocycles. The van der Waals surface area contributed by atoms with Crippen molar-refractivity contribution in [3.63, 3.8) is 0 Å². The van der Waals surface area contributed by atoms with Gasteiger partial charge in [0.05, 0.1) is 12.5 Å². The van der Waals surface area contributed by atoms with E-state index in [-0.39, 0.29) is 17.9 Å². The van der Waals surface area contributed by atoms with Crippen LogP contribution in [0.25, 0.3) is 10.9 Å². The quantitative estimate of drug-likeness (QED) is 0.801. The number of amides is 1. The summed E-state index contributed by atoms with van der Waals surface area (Å²) in [6.07, 6.45) is 4.13. The van der Waals surface area contributed by atoms with Crippen LogP contribution in [0.1, 0.15) is 31.4 Å². The van der Waals surface area contributed by atoms with Gasteiger partial charge in [0, 0.05) is 17.3 Å². The van der Waals surface area contributed by atoms with E-state index in [1.165, 1.54) is 5.39 Å². The summed E-state index contributed by atoms with van der Waals surface area (Å²) in [6.45, 7) is 0.538. The molecule has 1 aromatic carbocycles. The summed E-state index contributed by atoms with van der Waals surface area (Å²) in [7, 11) is 0. The first-order valence-corrected chi connectivity index (χ1v) is 7.34. The highest BCUT2D eigenvalue weighted by molar-refractivity contribution is 5.81. The fraction of sp³-hybridized carbons (Fsp3) is 0.438. The topological polar surface area (TPSA) is 70.9 Å². The molecule has 2 aromatic rings. The molecule has 1 aromatic heterocycles. The number of aromatic amines is 1. The van der Waals surface area contributed by atoms with Crippen LogP contribution in [0.3, 0.4) is 0 Å². The molecule has 0 bridgehead atoms. The third-order valence-corrected chi connectivity index (χ3v) is 4.20. The van der Waals surface area contributed by atoms with E-state index >= 15 is 0 Å². The van der Waals surface area contributed by atoms with E-state index < -0.39 is 0 Å². The lowest BCUT2D eigenvalue weighted by molar-refractivity contribution is -0.126. The number of carbonyl (C=O) groups excluding carboxylic acids is 1. The van der Waals surface area contributed by atoms with Gasteiger partial charge in [-0.2, -0.15) is 0 Å². The summed E-state index contributed by atoms with van der Waals surface area (Å²) < 4.78 is 0. The summed E-state index contributed by atoms with van der Waals surface area (Å²) in [5.74, 6) is 0.0731. The van der Waals surface area contributed by atoms with Gasteiger partial charge >= 0.3 is 0 Å². The summed E-state index contributed by atoms with van der Waals surface area (Å²) in [6, 6.07) is 10.2. The standard InChI is InChI=1S/C16H21N3O/c17-14-7-3-2-6-13(14)16(20)18-10-12-9-11-5-1-4-8-15(11)19-12/h1,4-5,8-9,13-14,19H,2-3,6-7,10,17H2,(H,18,20)/t13-,14+/m1/s1. The second kappa shape index (κ2) is 5.67. The smallest absolute Gasteiger partial charge is 0.224 e. The number of benzene rings is 1. The van der Waals surface area contributed by atoms with E-state index in [9.17, 15) is 4.79 Å². The highest BCUT2D eigenvalue weighted by Crippen LogP contribution is 2.23. The Hall–Kier alpha value is -1.81. The Morgan fingerprint density at radius 1 is 1.30 bits per heavy atom. The molecule has 2 atom stereocenters. The van der Waals surface area contributed by atoms with Crippen molar-refractivity contribution in [1.82, 2.24) is 10.3 Å². The van der Waals surface area contributed by atoms with Crippen molar-refractivity contribution >= 4 is 16.8 Å². The third kappa shape index (κ3) is 2.70. The number of para-hydroxylation sites is 1. The van der Waals surface area contributed by atoms with E-state index in [1.54, 1.807) is 0 Å². The van der Waals surface area contributed by atoms with Gasteiger partial charge in [-0.05, 0) is 30.4 Å². The van der Waals surface area contributed by atoms with Crippen LogP contribution in [0.2, 0.25) is 0 Å². The normalized spacial score (nSPS) is 22.9. The molecule has 0 radical (unpaired) electrons. The van der Waals surface area contributed by atoms with Crippen LogP contribution in [0.4, 0.5) is 0 Å². The molecule has 4 heteroatoms. The largest absolute Gasteiger partial charge is 0.357 e. The highest BCUT2D eigenvalue weighted by atomic mass is 16.1. The first kappa shape index (κ1) is 13.2. The first-order valence-electron chi connectivity index (χ1n) is 7.34.